The molecule has 19 heavy (non-hydrogen) atoms. The van der Waals surface area contributed by atoms with Gasteiger partial charge in [-0.05, 0) is 37.6 Å². The molecule has 0 atom stereocenters. The summed E-state index contributed by atoms with van der Waals surface area (Å²) in [5, 5.41) is 3.28. The Hall–Kier alpha value is -2.23. The molecule has 2 aromatic rings. The zero-order valence-corrected chi connectivity index (χ0v) is 11.3. The Kier molecular flexibility index (Phi) is 3.90. The molecule has 0 amide bonds. The van der Waals surface area contributed by atoms with Gasteiger partial charge in [-0.1, -0.05) is 17.7 Å². The van der Waals surface area contributed by atoms with Crippen LogP contribution in [0.4, 0.5) is 5.69 Å². The number of rotatable bonds is 4. The predicted octanol–water partition coefficient (Wildman–Crippen LogP) is 3.30. The Morgan fingerprint density at radius 1 is 1.26 bits per heavy atom. The van der Waals surface area contributed by atoms with Gasteiger partial charge in [0.1, 0.15) is 5.76 Å². The predicted molar refractivity (Wildman–Crippen MR) is 73.3 cm³/mol. The molecule has 1 aromatic carbocycles. The highest BCUT2D eigenvalue weighted by Gasteiger charge is 2.10. The van der Waals surface area contributed by atoms with Crippen LogP contribution in [0.25, 0.3) is 0 Å². The minimum atomic E-state index is -0.460. The SMILES string of the molecule is COC(=O)c1ccc(CNc2ccc(C)cc2C)o1. The molecule has 0 bridgehead atoms. The van der Waals surface area contributed by atoms with Crippen molar-refractivity contribution >= 4 is 11.7 Å². The highest BCUT2D eigenvalue weighted by molar-refractivity contribution is 5.86. The third-order valence-corrected chi connectivity index (χ3v) is 2.88. The fraction of sp³-hybridized carbons (Fsp3) is 0.267. The van der Waals surface area contributed by atoms with E-state index in [0.717, 1.165) is 5.69 Å². The average Bonchev–Trinajstić information content (AvgIpc) is 2.85. The number of esters is 1. The summed E-state index contributed by atoms with van der Waals surface area (Å²) in [6.07, 6.45) is 0. The molecular formula is C15H17NO3. The monoisotopic (exact) mass is 259 g/mol. The van der Waals surface area contributed by atoms with Crippen molar-refractivity contribution in [2.24, 2.45) is 0 Å². The minimum Gasteiger partial charge on any atom is -0.463 e. The summed E-state index contributed by atoms with van der Waals surface area (Å²) in [5.74, 6) is 0.457. The Labute approximate surface area is 112 Å². The highest BCUT2D eigenvalue weighted by Crippen LogP contribution is 2.18. The molecule has 0 aliphatic rings. The number of anilines is 1. The van der Waals surface area contributed by atoms with Crippen molar-refractivity contribution in [3.63, 3.8) is 0 Å². The normalized spacial score (nSPS) is 10.3. The first-order chi connectivity index (χ1) is 9.10. The van der Waals surface area contributed by atoms with Gasteiger partial charge in [0.25, 0.3) is 0 Å². The van der Waals surface area contributed by atoms with Crippen LogP contribution < -0.4 is 5.32 Å². The number of aryl methyl sites for hydroxylation is 2. The maximum Gasteiger partial charge on any atom is 0.373 e. The van der Waals surface area contributed by atoms with Gasteiger partial charge in [-0.25, -0.2) is 4.79 Å². The number of benzene rings is 1. The van der Waals surface area contributed by atoms with E-state index in [-0.39, 0.29) is 5.76 Å². The molecular weight excluding hydrogens is 242 g/mol. The Bertz CT molecular complexity index is 587. The second kappa shape index (κ2) is 5.61. The summed E-state index contributed by atoms with van der Waals surface area (Å²) in [6, 6.07) is 9.59. The lowest BCUT2D eigenvalue weighted by Crippen LogP contribution is -2.01. The van der Waals surface area contributed by atoms with E-state index in [2.05, 4.69) is 36.0 Å². The number of carbonyl (C=O) groups is 1. The fourth-order valence-electron chi connectivity index (χ4n) is 1.88. The van der Waals surface area contributed by atoms with Crippen LogP contribution in [-0.2, 0) is 11.3 Å². The zero-order valence-electron chi connectivity index (χ0n) is 11.3. The van der Waals surface area contributed by atoms with Gasteiger partial charge in [-0.2, -0.15) is 0 Å². The van der Waals surface area contributed by atoms with E-state index in [0.29, 0.717) is 12.3 Å². The number of nitrogens with one attached hydrogen (secondary N) is 1. The topological polar surface area (TPSA) is 51.5 Å². The van der Waals surface area contributed by atoms with Gasteiger partial charge in [0.15, 0.2) is 0 Å². The molecule has 4 heteroatoms. The second-order valence-corrected chi connectivity index (χ2v) is 4.43. The summed E-state index contributed by atoms with van der Waals surface area (Å²) in [4.78, 5) is 11.3. The maximum absolute atomic E-state index is 11.3. The van der Waals surface area contributed by atoms with Crippen molar-refractivity contribution in [3.05, 3.63) is 53.0 Å². The van der Waals surface area contributed by atoms with Crippen molar-refractivity contribution in [3.8, 4) is 0 Å². The number of methoxy groups -OCH3 is 1. The van der Waals surface area contributed by atoms with Crippen molar-refractivity contribution in [1.82, 2.24) is 0 Å². The largest absolute Gasteiger partial charge is 0.463 e. The van der Waals surface area contributed by atoms with Crippen LogP contribution in [0.1, 0.15) is 27.4 Å². The van der Waals surface area contributed by atoms with E-state index in [1.54, 1.807) is 12.1 Å². The lowest BCUT2D eigenvalue weighted by Gasteiger charge is -2.08. The molecule has 0 aliphatic carbocycles. The van der Waals surface area contributed by atoms with E-state index >= 15 is 0 Å². The molecule has 0 fully saturated rings. The van der Waals surface area contributed by atoms with Crippen molar-refractivity contribution in [2.45, 2.75) is 20.4 Å². The van der Waals surface area contributed by atoms with Gasteiger partial charge >= 0.3 is 5.97 Å². The van der Waals surface area contributed by atoms with Crippen LogP contribution in [0, 0.1) is 13.8 Å². The fourth-order valence-corrected chi connectivity index (χ4v) is 1.88. The lowest BCUT2D eigenvalue weighted by molar-refractivity contribution is 0.0563. The first-order valence-corrected chi connectivity index (χ1v) is 6.08. The zero-order chi connectivity index (χ0) is 13.8. The smallest absolute Gasteiger partial charge is 0.373 e. The molecule has 0 aliphatic heterocycles. The van der Waals surface area contributed by atoms with E-state index < -0.39 is 5.97 Å². The van der Waals surface area contributed by atoms with Gasteiger partial charge in [-0.15, -0.1) is 0 Å². The highest BCUT2D eigenvalue weighted by atomic mass is 16.5. The van der Waals surface area contributed by atoms with Gasteiger partial charge in [-0.3, -0.25) is 0 Å². The molecule has 0 saturated heterocycles. The molecule has 2 rings (SSSR count). The van der Waals surface area contributed by atoms with Crippen molar-refractivity contribution < 1.29 is 13.9 Å². The number of hydrogen-bond acceptors (Lipinski definition) is 4. The lowest BCUT2D eigenvalue weighted by atomic mass is 10.1. The maximum atomic E-state index is 11.3. The van der Waals surface area contributed by atoms with Crippen LogP contribution in [-0.4, -0.2) is 13.1 Å². The molecule has 1 aromatic heterocycles. The first-order valence-electron chi connectivity index (χ1n) is 6.08. The summed E-state index contributed by atoms with van der Waals surface area (Å²) in [6.45, 7) is 4.64. The van der Waals surface area contributed by atoms with Crippen LogP contribution >= 0.6 is 0 Å². The average molecular weight is 259 g/mol. The van der Waals surface area contributed by atoms with Crippen molar-refractivity contribution in [2.75, 3.05) is 12.4 Å². The van der Waals surface area contributed by atoms with Gasteiger partial charge in [0.2, 0.25) is 5.76 Å². The van der Waals surface area contributed by atoms with Gasteiger partial charge in [0, 0.05) is 5.69 Å². The number of hydrogen-bond donors (Lipinski definition) is 1. The standard InChI is InChI=1S/C15H17NO3/c1-10-4-6-13(11(2)8-10)16-9-12-5-7-14(19-12)15(17)18-3/h4-8,16H,9H2,1-3H3. The quantitative estimate of drug-likeness (QED) is 0.856. The number of carbonyl (C=O) groups excluding carboxylic acids is 1. The summed E-state index contributed by atoms with van der Waals surface area (Å²) < 4.78 is 9.98. The van der Waals surface area contributed by atoms with Crippen LogP contribution in [0.2, 0.25) is 0 Å². The van der Waals surface area contributed by atoms with E-state index in [9.17, 15) is 4.79 Å². The molecule has 1 N–H and O–H groups in total. The first kappa shape index (κ1) is 13.2. The van der Waals surface area contributed by atoms with E-state index in [4.69, 9.17) is 4.42 Å². The van der Waals surface area contributed by atoms with Crippen molar-refractivity contribution in [1.29, 1.82) is 0 Å². The van der Waals surface area contributed by atoms with Gasteiger partial charge in [0.05, 0.1) is 13.7 Å². The summed E-state index contributed by atoms with van der Waals surface area (Å²) in [7, 11) is 1.33. The number of ether oxygens (including phenoxy) is 1. The second-order valence-electron chi connectivity index (χ2n) is 4.43. The Morgan fingerprint density at radius 2 is 2.05 bits per heavy atom. The molecule has 100 valence electrons. The van der Waals surface area contributed by atoms with Crippen LogP contribution in [0.5, 0.6) is 0 Å². The Morgan fingerprint density at radius 3 is 2.74 bits per heavy atom. The molecule has 4 nitrogen and oxygen atoms in total. The molecule has 1 heterocycles. The molecule has 0 radical (unpaired) electrons. The summed E-state index contributed by atoms with van der Waals surface area (Å²) >= 11 is 0. The molecule has 0 unspecified atom stereocenters. The minimum absolute atomic E-state index is 0.222. The summed E-state index contributed by atoms with van der Waals surface area (Å²) in [5.41, 5.74) is 3.47. The van der Waals surface area contributed by atoms with Gasteiger partial charge < -0.3 is 14.5 Å². The van der Waals surface area contributed by atoms with Crippen LogP contribution in [0.15, 0.2) is 34.7 Å². The van der Waals surface area contributed by atoms with Crippen LogP contribution in [0.3, 0.4) is 0 Å². The van der Waals surface area contributed by atoms with E-state index in [1.165, 1.54) is 18.2 Å². The third kappa shape index (κ3) is 3.16. The number of furan rings is 1. The third-order valence-electron chi connectivity index (χ3n) is 2.88. The molecule has 0 saturated carbocycles. The van der Waals surface area contributed by atoms with E-state index in [1.807, 2.05) is 6.07 Å². The Balaban J connectivity index is 2.02. The molecule has 0 spiro atoms.